The number of benzene rings is 1. The van der Waals surface area contributed by atoms with Crippen LogP contribution in [-0.4, -0.2) is 11.5 Å². The van der Waals surface area contributed by atoms with Gasteiger partial charge in [0.05, 0.1) is 11.0 Å². The number of hydrogen-bond acceptors (Lipinski definition) is 3. The van der Waals surface area contributed by atoms with Crippen molar-refractivity contribution in [3.63, 3.8) is 0 Å². The van der Waals surface area contributed by atoms with Gasteiger partial charge in [-0.2, -0.15) is 0 Å². The van der Waals surface area contributed by atoms with Crippen LogP contribution in [0.2, 0.25) is 0 Å². The average Bonchev–Trinajstić information content (AvgIpc) is 2.25. The lowest BCUT2D eigenvalue weighted by Gasteiger charge is -2.08. The third-order valence-electron chi connectivity index (χ3n) is 2.43. The first-order valence-corrected chi connectivity index (χ1v) is 5.68. The van der Waals surface area contributed by atoms with E-state index in [0.717, 1.165) is 18.9 Å². The molecule has 0 aromatic heterocycles. The monoisotopic (exact) mass is 240 g/mol. The lowest BCUT2D eigenvalue weighted by atomic mass is 10.1. The van der Waals surface area contributed by atoms with E-state index in [-0.39, 0.29) is 5.69 Å². The predicted octanol–water partition coefficient (Wildman–Crippen LogP) is 3.58. The normalized spacial score (nSPS) is 10.6. The van der Waals surface area contributed by atoms with E-state index >= 15 is 0 Å². The first-order valence-electron chi connectivity index (χ1n) is 5.68. The van der Waals surface area contributed by atoms with Gasteiger partial charge in [0, 0.05) is 6.54 Å². The fourth-order valence-electron chi connectivity index (χ4n) is 1.54. The summed E-state index contributed by atoms with van der Waals surface area (Å²) in [7, 11) is 0. The number of rotatable bonds is 6. The highest BCUT2D eigenvalue weighted by molar-refractivity contribution is 5.61. The Labute approximate surface area is 100.0 Å². The van der Waals surface area contributed by atoms with Gasteiger partial charge in [0.25, 0.3) is 5.69 Å². The van der Waals surface area contributed by atoms with Crippen molar-refractivity contribution < 1.29 is 9.31 Å². The molecule has 17 heavy (non-hydrogen) atoms. The molecule has 94 valence electrons. The Morgan fingerprint density at radius 2 is 2.18 bits per heavy atom. The summed E-state index contributed by atoms with van der Waals surface area (Å²) in [4.78, 5) is 10.1. The molecule has 0 saturated heterocycles. The fourth-order valence-corrected chi connectivity index (χ4v) is 1.54. The number of anilines is 1. The molecule has 1 N–H and O–H groups in total. The summed E-state index contributed by atoms with van der Waals surface area (Å²) in [5, 5.41) is 13.7. The Hall–Kier alpha value is -1.65. The molecule has 0 aliphatic rings. The summed E-state index contributed by atoms with van der Waals surface area (Å²) in [6, 6.07) is 3.56. The second-order valence-corrected chi connectivity index (χ2v) is 4.38. The standard InChI is InChI=1S/C12H17FN2O2/c1-9(2)4-3-7-14-11-6-5-10(13)8-12(11)15(16)17/h5-6,8-9,14H,3-4,7H2,1-2H3. The van der Waals surface area contributed by atoms with Crippen molar-refractivity contribution in [3.8, 4) is 0 Å². The Morgan fingerprint density at radius 3 is 2.76 bits per heavy atom. The van der Waals surface area contributed by atoms with Gasteiger partial charge in [-0.15, -0.1) is 0 Å². The molecule has 4 nitrogen and oxygen atoms in total. The second-order valence-electron chi connectivity index (χ2n) is 4.38. The summed E-state index contributed by atoms with van der Waals surface area (Å²) in [6.45, 7) is 4.91. The van der Waals surface area contributed by atoms with Crippen LogP contribution in [-0.2, 0) is 0 Å². The summed E-state index contributed by atoms with van der Waals surface area (Å²) < 4.78 is 12.9. The van der Waals surface area contributed by atoms with Crippen LogP contribution in [0.4, 0.5) is 15.8 Å². The minimum atomic E-state index is -0.593. The third-order valence-corrected chi connectivity index (χ3v) is 2.43. The van der Waals surface area contributed by atoms with Crippen molar-refractivity contribution >= 4 is 11.4 Å². The molecule has 1 aromatic carbocycles. The zero-order chi connectivity index (χ0) is 12.8. The topological polar surface area (TPSA) is 55.2 Å². The van der Waals surface area contributed by atoms with Gasteiger partial charge in [-0.25, -0.2) is 4.39 Å². The van der Waals surface area contributed by atoms with E-state index in [1.54, 1.807) is 0 Å². The van der Waals surface area contributed by atoms with Crippen LogP contribution in [0.25, 0.3) is 0 Å². The maximum absolute atomic E-state index is 12.9. The lowest BCUT2D eigenvalue weighted by molar-refractivity contribution is -0.384. The van der Waals surface area contributed by atoms with Gasteiger partial charge < -0.3 is 5.32 Å². The molecular formula is C12H17FN2O2. The minimum Gasteiger partial charge on any atom is -0.379 e. The van der Waals surface area contributed by atoms with Crippen molar-refractivity contribution in [1.82, 2.24) is 0 Å². The summed E-state index contributed by atoms with van der Waals surface area (Å²) in [6.07, 6.45) is 1.99. The number of hydrogen-bond donors (Lipinski definition) is 1. The number of nitro benzene ring substituents is 1. The van der Waals surface area contributed by atoms with Gasteiger partial charge in [0.2, 0.25) is 0 Å². The first-order chi connectivity index (χ1) is 8.00. The van der Waals surface area contributed by atoms with Crippen LogP contribution in [0.1, 0.15) is 26.7 Å². The van der Waals surface area contributed by atoms with Crippen molar-refractivity contribution in [3.05, 3.63) is 34.1 Å². The molecule has 5 heteroatoms. The van der Waals surface area contributed by atoms with Crippen LogP contribution in [0.5, 0.6) is 0 Å². The van der Waals surface area contributed by atoms with E-state index in [1.807, 2.05) is 0 Å². The lowest BCUT2D eigenvalue weighted by Crippen LogP contribution is -2.05. The molecule has 0 aliphatic carbocycles. The second kappa shape index (κ2) is 6.18. The van der Waals surface area contributed by atoms with Crippen molar-refractivity contribution in [1.29, 1.82) is 0 Å². The third kappa shape index (κ3) is 4.38. The number of nitrogens with zero attached hydrogens (tertiary/aromatic N) is 1. The van der Waals surface area contributed by atoms with E-state index in [0.29, 0.717) is 18.2 Å². The number of halogens is 1. The Balaban J connectivity index is 2.61. The predicted molar refractivity (Wildman–Crippen MR) is 65.6 cm³/mol. The van der Waals surface area contributed by atoms with Crippen molar-refractivity contribution in [2.24, 2.45) is 5.92 Å². The molecule has 0 radical (unpaired) electrons. The highest BCUT2D eigenvalue weighted by Gasteiger charge is 2.14. The first kappa shape index (κ1) is 13.4. The van der Waals surface area contributed by atoms with Crippen LogP contribution in [0.3, 0.4) is 0 Å². The Bertz CT molecular complexity index is 394. The Kier molecular flexibility index (Phi) is 4.87. The van der Waals surface area contributed by atoms with Gasteiger partial charge in [0.1, 0.15) is 11.5 Å². The van der Waals surface area contributed by atoms with Gasteiger partial charge >= 0.3 is 0 Å². The zero-order valence-corrected chi connectivity index (χ0v) is 10.1. The Morgan fingerprint density at radius 1 is 1.47 bits per heavy atom. The molecule has 0 spiro atoms. The molecule has 0 heterocycles. The minimum absolute atomic E-state index is 0.213. The van der Waals surface area contributed by atoms with E-state index in [9.17, 15) is 14.5 Å². The molecule has 1 aromatic rings. The average molecular weight is 240 g/mol. The van der Waals surface area contributed by atoms with E-state index in [4.69, 9.17) is 0 Å². The SMILES string of the molecule is CC(C)CCCNc1ccc(F)cc1[N+](=O)[O-]. The maximum atomic E-state index is 12.9. The molecule has 0 atom stereocenters. The zero-order valence-electron chi connectivity index (χ0n) is 10.1. The van der Waals surface area contributed by atoms with E-state index in [2.05, 4.69) is 19.2 Å². The molecule has 0 amide bonds. The van der Waals surface area contributed by atoms with Crippen molar-refractivity contribution in [2.75, 3.05) is 11.9 Å². The molecule has 0 bridgehead atoms. The van der Waals surface area contributed by atoms with E-state index in [1.165, 1.54) is 12.1 Å². The summed E-state index contributed by atoms with van der Waals surface area (Å²) in [5.41, 5.74) is 0.162. The van der Waals surface area contributed by atoms with Crippen LogP contribution in [0, 0.1) is 21.8 Å². The van der Waals surface area contributed by atoms with Crippen LogP contribution >= 0.6 is 0 Å². The highest BCUT2D eigenvalue weighted by atomic mass is 19.1. The highest BCUT2D eigenvalue weighted by Crippen LogP contribution is 2.24. The quantitative estimate of drug-likeness (QED) is 0.469. The smallest absolute Gasteiger partial charge is 0.295 e. The number of nitro groups is 1. The largest absolute Gasteiger partial charge is 0.379 e. The van der Waals surface area contributed by atoms with Gasteiger partial charge in [0.15, 0.2) is 0 Å². The van der Waals surface area contributed by atoms with E-state index < -0.39 is 10.7 Å². The van der Waals surface area contributed by atoms with Gasteiger partial charge in [-0.1, -0.05) is 13.8 Å². The molecule has 0 fully saturated rings. The summed E-state index contributed by atoms with van der Waals surface area (Å²) >= 11 is 0. The maximum Gasteiger partial charge on any atom is 0.295 e. The van der Waals surface area contributed by atoms with Crippen LogP contribution < -0.4 is 5.32 Å². The molecule has 0 aliphatic heterocycles. The molecule has 0 saturated carbocycles. The fraction of sp³-hybridized carbons (Fsp3) is 0.500. The molecule has 0 unspecified atom stereocenters. The summed E-state index contributed by atoms with van der Waals surface area (Å²) in [5.74, 6) is 0.0180. The van der Waals surface area contributed by atoms with Crippen molar-refractivity contribution in [2.45, 2.75) is 26.7 Å². The van der Waals surface area contributed by atoms with Crippen LogP contribution in [0.15, 0.2) is 18.2 Å². The molecule has 1 rings (SSSR count). The van der Waals surface area contributed by atoms with Gasteiger partial charge in [-0.05, 0) is 30.9 Å². The molecular weight excluding hydrogens is 223 g/mol. The van der Waals surface area contributed by atoms with Gasteiger partial charge in [-0.3, -0.25) is 10.1 Å². The number of nitrogens with one attached hydrogen (secondary N) is 1.